The number of nitrogens with one attached hydrogen (secondary N) is 1. The summed E-state index contributed by atoms with van der Waals surface area (Å²) in [6.07, 6.45) is -3.14. The van der Waals surface area contributed by atoms with Crippen molar-refractivity contribution in [3.8, 4) is 11.4 Å². The highest BCUT2D eigenvalue weighted by molar-refractivity contribution is 7.99. The maximum Gasteiger partial charge on any atom is 0.416 e. The van der Waals surface area contributed by atoms with Gasteiger partial charge in [0.2, 0.25) is 0 Å². The van der Waals surface area contributed by atoms with Gasteiger partial charge in [-0.1, -0.05) is 36.0 Å². The van der Waals surface area contributed by atoms with Crippen LogP contribution >= 0.6 is 11.8 Å². The number of ether oxygens (including phenoxy) is 1. The molecule has 176 valence electrons. The molecule has 7 nitrogen and oxygen atoms in total. The molecule has 0 aliphatic rings. The Labute approximate surface area is 196 Å². The van der Waals surface area contributed by atoms with Gasteiger partial charge in [-0.3, -0.25) is 9.36 Å². The van der Waals surface area contributed by atoms with Gasteiger partial charge in [0, 0.05) is 5.75 Å². The number of carbonyl (C=O) groups is 1. The molecule has 4 rings (SSSR count). The van der Waals surface area contributed by atoms with E-state index in [9.17, 15) is 18.0 Å². The lowest BCUT2D eigenvalue weighted by Gasteiger charge is -2.13. The van der Waals surface area contributed by atoms with Crippen molar-refractivity contribution >= 4 is 17.7 Å². The van der Waals surface area contributed by atoms with Crippen molar-refractivity contribution in [3.63, 3.8) is 0 Å². The lowest BCUT2D eigenvalue weighted by molar-refractivity contribution is -0.137. The Bertz CT molecular complexity index is 1230. The number of hydrogen-bond donors (Lipinski definition) is 1. The van der Waals surface area contributed by atoms with Crippen LogP contribution in [0.15, 0.2) is 82.6 Å². The molecule has 11 heteroatoms. The van der Waals surface area contributed by atoms with Gasteiger partial charge in [-0.15, -0.1) is 10.2 Å². The number of benzene rings is 2. The molecule has 0 radical (unpaired) electrons. The average Bonchev–Trinajstić information content (AvgIpc) is 3.51. The SMILES string of the molecule is O=C(NCc1nnc(SCCOc2ccccc2)n1-c1cccc(C(F)(F)F)c1)c1ccco1. The van der Waals surface area contributed by atoms with Crippen LogP contribution in [0.4, 0.5) is 13.2 Å². The zero-order chi connectivity index (χ0) is 24.0. The van der Waals surface area contributed by atoms with Crippen molar-refractivity contribution in [2.75, 3.05) is 12.4 Å². The fourth-order valence-corrected chi connectivity index (χ4v) is 3.84. The van der Waals surface area contributed by atoms with Crippen LogP contribution in [0.5, 0.6) is 5.75 Å². The minimum Gasteiger partial charge on any atom is -0.493 e. The van der Waals surface area contributed by atoms with E-state index in [0.29, 0.717) is 23.3 Å². The van der Waals surface area contributed by atoms with Gasteiger partial charge in [0.15, 0.2) is 16.7 Å². The van der Waals surface area contributed by atoms with E-state index in [2.05, 4.69) is 15.5 Å². The summed E-state index contributed by atoms with van der Waals surface area (Å²) in [7, 11) is 0. The summed E-state index contributed by atoms with van der Waals surface area (Å²) in [6.45, 7) is 0.290. The summed E-state index contributed by atoms with van der Waals surface area (Å²) in [5.74, 6) is 1.09. The third-order valence-electron chi connectivity index (χ3n) is 4.61. The number of alkyl halides is 3. The van der Waals surface area contributed by atoms with Crippen LogP contribution in [0.2, 0.25) is 0 Å². The molecule has 4 aromatic rings. The van der Waals surface area contributed by atoms with Crippen LogP contribution < -0.4 is 10.1 Å². The van der Waals surface area contributed by atoms with Crippen molar-refractivity contribution in [1.82, 2.24) is 20.1 Å². The number of para-hydroxylation sites is 1. The molecule has 34 heavy (non-hydrogen) atoms. The predicted octanol–water partition coefficient (Wildman–Crippen LogP) is 4.98. The van der Waals surface area contributed by atoms with Crippen molar-refractivity contribution in [2.45, 2.75) is 17.9 Å². The van der Waals surface area contributed by atoms with E-state index >= 15 is 0 Å². The summed E-state index contributed by atoms with van der Waals surface area (Å²) in [6, 6.07) is 17.2. The van der Waals surface area contributed by atoms with E-state index < -0.39 is 17.6 Å². The van der Waals surface area contributed by atoms with Crippen LogP contribution in [-0.2, 0) is 12.7 Å². The molecule has 0 bridgehead atoms. The number of hydrogen-bond acceptors (Lipinski definition) is 6. The second-order valence-electron chi connectivity index (χ2n) is 6.95. The molecule has 0 fully saturated rings. The van der Waals surface area contributed by atoms with Gasteiger partial charge in [-0.05, 0) is 42.5 Å². The van der Waals surface area contributed by atoms with E-state index in [0.717, 1.165) is 12.1 Å². The maximum atomic E-state index is 13.3. The molecule has 1 amide bonds. The van der Waals surface area contributed by atoms with Crippen LogP contribution in [0.1, 0.15) is 21.9 Å². The molecule has 0 spiro atoms. The first-order valence-corrected chi connectivity index (χ1v) is 11.1. The lowest BCUT2D eigenvalue weighted by Crippen LogP contribution is -2.24. The molecule has 0 unspecified atom stereocenters. The number of halogens is 3. The second-order valence-corrected chi connectivity index (χ2v) is 8.01. The van der Waals surface area contributed by atoms with Gasteiger partial charge in [-0.25, -0.2) is 0 Å². The lowest BCUT2D eigenvalue weighted by atomic mass is 10.2. The van der Waals surface area contributed by atoms with E-state index in [1.807, 2.05) is 30.3 Å². The van der Waals surface area contributed by atoms with Gasteiger partial charge >= 0.3 is 6.18 Å². The highest BCUT2D eigenvalue weighted by atomic mass is 32.2. The zero-order valence-electron chi connectivity index (χ0n) is 17.7. The van der Waals surface area contributed by atoms with E-state index in [-0.39, 0.29) is 23.8 Å². The average molecular weight is 488 g/mol. The van der Waals surface area contributed by atoms with E-state index in [1.54, 1.807) is 6.07 Å². The number of aromatic nitrogens is 3. The van der Waals surface area contributed by atoms with Gasteiger partial charge in [0.05, 0.1) is 30.7 Å². The van der Waals surface area contributed by atoms with Crippen molar-refractivity contribution in [1.29, 1.82) is 0 Å². The Kier molecular flexibility index (Phi) is 7.21. The third-order valence-corrected chi connectivity index (χ3v) is 5.50. The number of furan rings is 1. The number of nitrogens with zero attached hydrogens (tertiary/aromatic N) is 3. The summed E-state index contributed by atoms with van der Waals surface area (Å²) in [5, 5.41) is 11.3. The van der Waals surface area contributed by atoms with Gasteiger partial charge in [-0.2, -0.15) is 13.2 Å². The highest BCUT2D eigenvalue weighted by Gasteiger charge is 2.31. The Morgan fingerprint density at radius 3 is 2.62 bits per heavy atom. The maximum absolute atomic E-state index is 13.3. The third kappa shape index (κ3) is 5.79. The second kappa shape index (κ2) is 10.5. The number of amides is 1. The zero-order valence-corrected chi connectivity index (χ0v) is 18.5. The molecule has 0 aliphatic carbocycles. The normalized spacial score (nSPS) is 11.4. The van der Waals surface area contributed by atoms with Gasteiger partial charge in [0.1, 0.15) is 5.75 Å². The molecule has 1 N–H and O–H groups in total. The number of carbonyl (C=O) groups excluding carboxylic acids is 1. The highest BCUT2D eigenvalue weighted by Crippen LogP contribution is 2.31. The quantitative estimate of drug-likeness (QED) is 0.264. The molecule has 2 aromatic carbocycles. The first-order chi connectivity index (χ1) is 16.4. The molecule has 2 aromatic heterocycles. The van der Waals surface area contributed by atoms with Crippen molar-refractivity contribution in [3.05, 3.63) is 90.1 Å². The van der Waals surface area contributed by atoms with E-state index in [4.69, 9.17) is 9.15 Å². The number of rotatable bonds is 9. The molecular weight excluding hydrogens is 469 g/mol. The van der Waals surface area contributed by atoms with Crippen LogP contribution in [0.3, 0.4) is 0 Å². The Morgan fingerprint density at radius 2 is 1.88 bits per heavy atom. The molecule has 0 atom stereocenters. The molecule has 0 aliphatic heterocycles. The smallest absolute Gasteiger partial charge is 0.416 e. The predicted molar refractivity (Wildman–Crippen MR) is 119 cm³/mol. The molecule has 2 heterocycles. The van der Waals surface area contributed by atoms with Crippen LogP contribution in [0.25, 0.3) is 5.69 Å². The topological polar surface area (TPSA) is 82.2 Å². The van der Waals surface area contributed by atoms with Crippen LogP contribution in [-0.4, -0.2) is 33.0 Å². The minimum absolute atomic E-state index is 0.0656. The Balaban J connectivity index is 1.54. The first-order valence-electron chi connectivity index (χ1n) is 10.2. The van der Waals surface area contributed by atoms with Crippen LogP contribution in [0, 0.1) is 0 Å². The fourth-order valence-electron chi connectivity index (χ4n) is 3.05. The van der Waals surface area contributed by atoms with Crippen molar-refractivity contribution < 1.29 is 27.1 Å². The Morgan fingerprint density at radius 1 is 1.06 bits per heavy atom. The molecular formula is C23H19F3N4O3S. The van der Waals surface area contributed by atoms with Gasteiger partial charge in [0.25, 0.3) is 5.91 Å². The first kappa shape index (κ1) is 23.4. The van der Waals surface area contributed by atoms with Crippen molar-refractivity contribution in [2.24, 2.45) is 0 Å². The van der Waals surface area contributed by atoms with Gasteiger partial charge < -0.3 is 14.5 Å². The monoisotopic (exact) mass is 488 g/mol. The standard InChI is InChI=1S/C23H19F3N4O3S/c24-23(25,26)16-6-4-7-17(14-16)30-20(15-27-21(31)19-10-5-11-33-19)28-29-22(30)34-13-12-32-18-8-2-1-3-9-18/h1-11,14H,12-13,15H2,(H,27,31). The minimum atomic E-state index is -4.51. The summed E-state index contributed by atoms with van der Waals surface area (Å²) in [4.78, 5) is 12.2. The Hall–Kier alpha value is -3.73. The fraction of sp³-hybridized carbons (Fsp3) is 0.174. The summed E-state index contributed by atoms with van der Waals surface area (Å²) in [5.41, 5.74) is -0.568. The number of thioether (sulfide) groups is 1. The summed E-state index contributed by atoms with van der Waals surface area (Å²) < 4.78 is 52.1. The van der Waals surface area contributed by atoms with E-state index in [1.165, 1.54) is 40.8 Å². The largest absolute Gasteiger partial charge is 0.493 e. The molecule has 0 saturated carbocycles. The molecule has 0 saturated heterocycles. The summed E-state index contributed by atoms with van der Waals surface area (Å²) >= 11 is 1.28.